The Labute approximate surface area is 178 Å². The van der Waals surface area contributed by atoms with Crippen LogP contribution >= 0.6 is 0 Å². The van der Waals surface area contributed by atoms with E-state index in [0.717, 1.165) is 22.2 Å². The third-order valence-corrected chi connectivity index (χ3v) is 5.00. The van der Waals surface area contributed by atoms with Crippen LogP contribution in [0.25, 0.3) is 27.5 Å². The molecule has 0 saturated carbocycles. The van der Waals surface area contributed by atoms with E-state index < -0.39 is 5.82 Å². The predicted octanol–water partition coefficient (Wildman–Crippen LogP) is 5.83. The number of H-pyrrole nitrogens is 1. The normalized spacial score (nSPS) is 10.4. The fraction of sp³-hybridized carbons (Fsp3) is 0.0800. The van der Waals surface area contributed by atoms with Crippen LogP contribution in [0.15, 0.2) is 79.1 Å². The monoisotopic (exact) mass is 413 g/mol. The Morgan fingerprint density at radius 2 is 1.61 bits per heavy atom. The number of aromatic amines is 1. The molecule has 154 valence electrons. The number of nitrogens with zero attached hydrogens (tertiary/aromatic N) is 2. The minimum atomic E-state index is -0.427. The molecule has 31 heavy (non-hydrogen) atoms. The van der Waals surface area contributed by atoms with E-state index in [1.165, 1.54) is 11.5 Å². The second kappa shape index (κ2) is 8.64. The highest BCUT2D eigenvalue weighted by Gasteiger charge is 2.09. The van der Waals surface area contributed by atoms with Gasteiger partial charge in [0.15, 0.2) is 0 Å². The molecule has 0 bridgehead atoms. The van der Waals surface area contributed by atoms with Crippen molar-refractivity contribution < 1.29 is 13.9 Å². The Kier molecular flexibility index (Phi) is 5.59. The topological polar surface area (TPSA) is 63.0 Å². The average molecular weight is 413 g/mol. The molecule has 0 aliphatic heterocycles. The molecule has 5 aromatic rings. The SMILES string of the molecule is COc1ccc2cc[nH]c2c1.COc1ccc2ccn(-c3ccc(C#N)cc3F)c2c1. The summed E-state index contributed by atoms with van der Waals surface area (Å²) in [5.74, 6) is 1.18. The molecule has 0 saturated heterocycles. The minimum Gasteiger partial charge on any atom is -0.497 e. The lowest BCUT2D eigenvalue weighted by Gasteiger charge is -2.08. The highest BCUT2D eigenvalue weighted by molar-refractivity contribution is 5.83. The summed E-state index contributed by atoms with van der Waals surface area (Å²) in [7, 11) is 3.26. The van der Waals surface area contributed by atoms with Crippen LogP contribution in [0.3, 0.4) is 0 Å². The Hall–Kier alpha value is -4.24. The van der Waals surface area contributed by atoms with Gasteiger partial charge >= 0.3 is 0 Å². The van der Waals surface area contributed by atoms with Gasteiger partial charge in [0.1, 0.15) is 17.3 Å². The zero-order valence-corrected chi connectivity index (χ0v) is 17.1. The van der Waals surface area contributed by atoms with Crippen LogP contribution in [0.5, 0.6) is 11.5 Å². The smallest absolute Gasteiger partial charge is 0.148 e. The highest BCUT2D eigenvalue weighted by atomic mass is 19.1. The first-order chi connectivity index (χ1) is 15.1. The van der Waals surface area contributed by atoms with Crippen molar-refractivity contribution in [1.82, 2.24) is 9.55 Å². The molecule has 5 rings (SSSR count). The maximum atomic E-state index is 14.1. The molecule has 3 aromatic carbocycles. The molecule has 0 aliphatic carbocycles. The summed E-state index contributed by atoms with van der Waals surface area (Å²) in [6, 6.07) is 21.9. The lowest BCUT2D eigenvalue weighted by Crippen LogP contribution is -1.96. The van der Waals surface area contributed by atoms with Crippen LogP contribution in [0, 0.1) is 17.1 Å². The Morgan fingerprint density at radius 3 is 2.32 bits per heavy atom. The third-order valence-electron chi connectivity index (χ3n) is 5.00. The van der Waals surface area contributed by atoms with Gasteiger partial charge in [-0.05, 0) is 60.0 Å². The van der Waals surface area contributed by atoms with Crippen molar-refractivity contribution in [3.05, 3.63) is 90.5 Å². The lowest BCUT2D eigenvalue weighted by molar-refractivity contribution is 0.415. The molecular weight excluding hydrogens is 393 g/mol. The second-order valence-corrected chi connectivity index (χ2v) is 6.82. The second-order valence-electron chi connectivity index (χ2n) is 6.82. The summed E-state index contributed by atoms with van der Waals surface area (Å²) < 4.78 is 26.1. The lowest BCUT2D eigenvalue weighted by atomic mass is 10.2. The van der Waals surface area contributed by atoms with Crippen LogP contribution in [0.2, 0.25) is 0 Å². The minimum absolute atomic E-state index is 0.306. The summed E-state index contributed by atoms with van der Waals surface area (Å²) in [6.45, 7) is 0. The van der Waals surface area contributed by atoms with E-state index in [1.54, 1.807) is 37.1 Å². The number of methoxy groups -OCH3 is 2. The van der Waals surface area contributed by atoms with E-state index in [0.29, 0.717) is 17.0 Å². The molecule has 0 unspecified atom stereocenters. The van der Waals surface area contributed by atoms with Crippen molar-refractivity contribution in [2.45, 2.75) is 0 Å². The number of halogens is 1. The van der Waals surface area contributed by atoms with Crippen molar-refractivity contribution in [3.8, 4) is 23.3 Å². The van der Waals surface area contributed by atoms with E-state index in [9.17, 15) is 4.39 Å². The van der Waals surface area contributed by atoms with Gasteiger partial charge in [0.25, 0.3) is 0 Å². The summed E-state index contributed by atoms with van der Waals surface area (Å²) in [5, 5.41) is 11.0. The van der Waals surface area contributed by atoms with E-state index in [2.05, 4.69) is 4.98 Å². The fourth-order valence-corrected chi connectivity index (χ4v) is 3.37. The first-order valence-corrected chi connectivity index (χ1v) is 9.59. The van der Waals surface area contributed by atoms with Gasteiger partial charge in [-0.15, -0.1) is 0 Å². The van der Waals surface area contributed by atoms with Crippen LogP contribution in [0.1, 0.15) is 5.56 Å². The number of nitriles is 1. The molecule has 0 fully saturated rings. The third kappa shape index (κ3) is 4.07. The molecule has 6 heteroatoms. The number of aromatic nitrogens is 2. The molecule has 2 aromatic heterocycles. The molecular formula is C25H20FN3O2. The molecule has 1 N–H and O–H groups in total. The summed E-state index contributed by atoms with van der Waals surface area (Å²) in [6.07, 6.45) is 3.72. The van der Waals surface area contributed by atoms with Crippen LogP contribution in [0.4, 0.5) is 4.39 Å². The number of hydrogen-bond donors (Lipinski definition) is 1. The maximum Gasteiger partial charge on any atom is 0.148 e. The summed E-state index contributed by atoms with van der Waals surface area (Å²) in [5.41, 5.74) is 2.69. The van der Waals surface area contributed by atoms with Gasteiger partial charge in [0, 0.05) is 35.4 Å². The first-order valence-electron chi connectivity index (χ1n) is 9.59. The van der Waals surface area contributed by atoms with Gasteiger partial charge in [-0.2, -0.15) is 5.26 Å². The number of benzene rings is 3. The summed E-state index contributed by atoms with van der Waals surface area (Å²) >= 11 is 0. The Balaban J connectivity index is 0.000000177. The van der Waals surface area contributed by atoms with Crippen LogP contribution in [-0.2, 0) is 0 Å². The molecule has 0 amide bonds. The van der Waals surface area contributed by atoms with E-state index >= 15 is 0 Å². The summed E-state index contributed by atoms with van der Waals surface area (Å²) in [4.78, 5) is 3.11. The van der Waals surface area contributed by atoms with Crippen LogP contribution in [-0.4, -0.2) is 23.8 Å². The molecule has 2 heterocycles. The molecule has 0 spiro atoms. The molecule has 0 radical (unpaired) electrons. The number of hydrogen-bond acceptors (Lipinski definition) is 3. The van der Waals surface area contributed by atoms with E-state index in [1.807, 2.05) is 60.8 Å². The van der Waals surface area contributed by atoms with Crippen molar-refractivity contribution >= 4 is 21.8 Å². The zero-order chi connectivity index (χ0) is 21.8. The van der Waals surface area contributed by atoms with Gasteiger partial charge in [-0.3, -0.25) is 0 Å². The first kappa shape index (κ1) is 20.0. The standard InChI is InChI=1S/C16H11FN2O.C9H9NO/c1-20-13-4-3-12-6-7-19(16(12)9-13)15-5-2-11(10-18)8-14(15)17;1-11-8-3-2-7-4-5-10-9(7)6-8/h2-9H,1H3;2-6,10H,1H3. The Morgan fingerprint density at radius 1 is 0.871 bits per heavy atom. The quantitative estimate of drug-likeness (QED) is 0.405. The molecule has 0 aliphatic rings. The van der Waals surface area contributed by atoms with E-state index in [-0.39, 0.29) is 0 Å². The number of ether oxygens (including phenoxy) is 2. The molecule has 5 nitrogen and oxygen atoms in total. The largest absolute Gasteiger partial charge is 0.497 e. The molecule has 0 atom stereocenters. The number of fused-ring (bicyclic) bond motifs is 2. The van der Waals surface area contributed by atoms with Gasteiger partial charge in [-0.25, -0.2) is 4.39 Å². The highest BCUT2D eigenvalue weighted by Crippen LogP contribution is 2.26. The number of nitrogens with one attached hydrogen (secondary N) is 1. The number of rotatable bonds is 3. The Bertz CT molecular complexity index is 1400. The van der Waals surface area contributed by atoms with Crippen LogP contribution < -0.4 is 9.47 Å². The average Bonchev–Trinajstić information content (AvgIpc) is 3.45. The van der Waals surface area contributed by atoms with E-state index in [4.69, 9.17) is 14.7 Å². The van der Waals surface area contributed by atoms with Crippen molar-refractivity contribution in [3.63, 3.8) is 0 Å². The predicted molar refractivity (Wildman–Crippen MR) is 119 cm³/mol. The van der Waals surface area contributed by atoms with Crippen molar-refractivity contribution in [1.29, 1.82) is 5.26 Å². The van der Waals surface area contributed by atoms with Gasteiger partial charge in [0.2, 0.25) is 0 Å². The zero-order valence-electron chi connectivity index (χ0n) is 17.1. The van der Waals surface area contributed by atoms with Crippen molar-refractivity contribution in [2.24, 2.45) is 0 Å². The van der Waals surface area contributed by atoms with Gasteiger partial charge < -0.3 is 19.0 Å². The van der Waals surface area contributed by atoms with Gasteiger partial charge in [0.05, 0.1) is 37.1 Å². The van der Waals surface area contributed by atoms with Gasteiger partial charge in [-0.1, -0.05) is 0 Å². The van der Waals surface area contributed by atoms with Crippen molar-refractivity contribution in [2.75, 3.05) is 14.2 Å². The fourth-order valence-electron chi connectivity index (χ4n) is 3.37. The maximum absolute atomic E-state index is 14.1.